The zero-order chi connectivity index (χ0) is 18.7. The standard InChI is InChI=1S/C19H23N5O2S/c1-21-16(7-17(25)22(2)19(21)26)23-8-12-10-24(11-13(12)9-23)18-20-14-5-3-4-6-15(14)27-18/h3-6,12-13,16H,7-11H2,1-2H3. The number of para-hydroxylation sites is 1. The average Bonchev–Trinajstić information content (AvgIpc) is 3.34. The third-order valence-corrected chi connectivity index (χ3v) is 7.35. The van der Waals surface area contributed by atoms with E-state index in [1.807, 2.05) is 6.07 Å². The third kappa shape index (κ3) is 2.70. The highest BCUT2D eigenvalue weighted by Crippen LogP contribution is 2.38. The molecule has 142 valence electrons. The van der Waals surface area contributed by atoms with Crippen molar-refractivity contribution < 1.29 is 9.59 Å². The summed E-state index contributed by atoms with van der Waals surface area (Å²) >= 11 is 1.76. The van der Waals surface area contributed by atoms with Crippen molar-refractivity contribution in [1.82, 2.24) is 19.7 Å². The summed E-state index contributed by atoms with van der Waals surface area (Å²) in [6.07, 6.45) is 0.280. The number of aromatic nitrogens is 1. The first-order chi connectivity index (χ1) is 13.0. The first-order valence-corrected chi connectivity index (χ1v) is 10.2. The summed E-state index contributed by atoms with van der Waals surface area (Å²) in [5.41, 5.74) is 1.07. The highest BCUT2D eigenvalue weighted by molar-refractivity contribution is 7.22. The summed E-state index contributed by atoms with van der Waals surface area (Å²) in [5.74, 6) is 1.04. The molecule has 27 heavy (non-hydrogen) atoms. The van der Waals surface area contributed by atoms with E-state index in [2.05, 4.69) is 28.0 Å². The molecule has 3 atom stereocenters. The second kappa shape index (κ2) is 6.17. The number of fused-ring (bicyclic) bond motifs is 2. The Kier molecular flexibility index (Phi) is 3.87. The van der Waals surface area contributed by atoms with Gasteiger partial charge in [-0.1, -0.05) is 23.5 Å². The van der Waals surface area contributed by atoms with Crippen molar-refractivity contribution in [3.05, 3.63) is 24.3 Å². The van der Waals surface area contributed by atoms with Crippen molar-refractivity contribution in [3.8, 4) is 0 Å². The minimum atomic E-state index is -0.204. The van der Waals surface area contributed by atoms with Crippen LogP contribution in [-0.4, -0.2) is 78.1 Å². The lowest BCUT2D eigenvalue weighted by Gasteiger charge is -2.41. The Balaban J connectivity index is 1.28. The molecule has 8 heteroatoms. The van der Waals surface area contributed by atoms with Gasteiger partial charge in [-0.3, -0.25) is 14.6 Å². The molecule has 3 saturated heterocycles. The summed E-state index contributed by atoms with van der Waals surface area (Å²) in [6.45, 7) is 3.87. The quantitative estimate of drug-likeness (QED) is 0.790. The van der Waals surface area contributed by atoms with Gasteiger partial charge in [0.1, 0.15) is 0 Å². The molecular weight excluding hydrogens is 362 g/mol. The lowest BCUT2D eigenvalue weighted by Crippen LogP contribution is -2.59. The van der Waals surface area contributed by atoms with E-state index in [0.29, 0.717) is 18.3 Å². The van der Waals surface area contributed by atoms with Gasteiger partial charge in [0, 0.05) is 40.3 Å². The van der Waals surface area contributed by atoms with Crippen LogP contribution in [-0.2, 0) is 4.79 Å². The van der Waals surface area contributed by atoms with Crippen LogP contribution in [0, 0.1) is 11.8 Å². The zero-order valence-electron chi connectivity index (χ0n) is 15.5. The summed E-state index contributed by atoms with van der Waals surface area (Å²) in [5, 5.41) is 1.11. The third-order valence-electron chi connectivity index (χ3n) is 6.26. The van der Waals surface area contributed by atoms with Crippen LogP contribution in [0.5, 0.6) is 0 Å². The zero-order valence-corrected chi connectivity index (χ0v) is 16.4. The van der Waals surface area contributed by atoms with E-state index in [9.17, 15) is 9.59 Å². The Hall–Kier alpha value is -2.19. The number of amides is 3. The van der Waals surface area contributed by atoms with Gasteiger partial charge in [0.2, 0.25) is 5.91 Å². The number of hydrogen-bond donors (Lipinski definition) is 0. The molecule has 5 rings (SSSR count). The molecule has 3 fully saturated rings. The molecule has 0 N–H and O–H groups in total. The first-order valence-electron chi connectivity index (χ1n) is 9.39. The van der Waals surface area contributed by atoms with Crippen LogP contribution in [0.4, 0.5) is 9.93 Å². The normalized spacial score (nSPS) is 29.3. The van der Waals surface area contributed by atoms with Crippen molar-refractivity contribution in [2.24, 2.45) is 11.8 Å². The number of anilines is 1. The smallest absolute Gasteiger partial charge is 0.327 e. The SMILES string of the molecule is CN1C(=O)CC(N2CC3CN(c4nc5ccccc5s4)CC3C2)N(C)C1=O. The molecule has 7 nitrogen and oxygen atoms in total. The van der Waals surface area contributed by atoms with Crippen molar-refractivity contribution in [2.75, 3.05) is 45.2 Å². The highest BCUT2D eigenvalue weighted by Gasteiger charge is 2.46. The number of carbonyl (C=O) groups is 2. The van der Waals surface area contributed by atoms with Crippen LogP contribution in [0.15, 0.2) is 24.3 Å². The molecule has 0 aliphatic carbocycles. The van der Waals surface area contributed by atoms with Gasteiger partial charge in [-0.2, -0.15) is 0 Å². The van der Waals surface area contributed by atoms with Gasteiger partial charge in [-0.05, 0) is 24.0 Å². The van der Waals surface area contributed by atoms with E-state index in [4.69, 9.17) is 4.98 Å². The number of nitrogens with zero attached hydrogens (tertiary/aromatic N) is 5. The number of carbonyl (C=O) groups excluding carboxylic acids is 2. The molecule has 0 radical (unpaired) electrons. The summed E-state index contributed by atoms with van der Waals surface area (Å²) in [4.78, 5) is 36.9. The Morgan fingerprint density at radius 2 is 1.74 bits per heavy atom. The molecule has 3 aliphatic rings. The summed E-state index contributed by atoms with van der Waals surface area (Å²) in [6, 6.07) is 8.08. The number of urea groups is 1. The maximum atomic E-state index is 12.3. The lowest BCUT2D eigenvalue weighted by molar-refractivity contribution is -0.133. The van der Waals surface area contributed by atoms with Crippen LogP contribution < -0.4 is 4.90 Å². The molecule has 1 aromatic carbocycles. The van der Waals surface area contributed by atoms with Gasteiger partial charge < -0.3 is 9.80 Å². The minimum absolute atomic E-state index is 0.0868. The Morgan fingerprint density at radius 1 is 1.04 bits per heavy atom. The molecule has 1 aromatic heterocycles. The Morgan fingerprint density at radius 3 is 2.44 bits per heavy atom. The second-order valence-electron chi connectivity index (χ2n) is 7.87. The fourth-order valence-electron chi connectivity index (χ4n) is 4.70. The fourth-order valence-corrected chi connectivity index (χ4v) is 5.68. The van der Waals surface area contributed by atoms with E-state index in [1.165, 1.54) is 9.60 Å². The predicted molar refractivity (Wildman–Crippen MR) is 105 cm³/mol. The largest absolute Gasteiger partial charge is 0.347 e. The molecule has 2 aromatic rings. The van der Waals surface area contributed by atoms with Gasteiger partial charge in [0.05, 0.1) is 22.8 Å². The summed E-state index contributed by atoms with van der Waals surface area (Å²) in [7, 11) is 3.36. The maximum absolute atomic E-state index is 12.3. The highest BCUT2D eigenvalue weighted by atomic mass is 32.1. The first kappa shape index (κ1) is 16.9. The number of hydrogen-bond acceptors (Lipinski definition) is 6. The van der Waals surface area contributed by atoms with E-state index in [-0.39, 0.29) is 18.1 Å². The summed E-state index contributed by atoms with van der Waals surface area (Å²) < 4.78 is 1.23. The Bertz CT molecular complexity index is 867. The van der Waals surface area contributed by atoms with Gasteiger partial charge >= 0.3 is 6.03 Å². The Labute approximate surface area is 162 Å². The molecule has 3 amide bonds. The predicted octanol–water partition coefficient (Wildman–Crippen LogP) is 1.90. The van der Waals surface area contributed by atoms with E-state index in [0.717, 1.165) is 36.8 Å². The molecule has 4 heterocycles. The average molecular weight is 385 g/mol. The van der Waals surface area contributed by atoms with Crippen LogP contribution in [0.1, 0.15) is 6.42 Å². The van der Waals surface area contributed by atoms with Gasteiger partial charge in [0.25, 0.3) is 0 Å². The molecule has 0 spiro atoms. The van der Waals surface area contributed by atoms with Crippen LogP contribution in [0.25, 0.3) is 10.2 Å². The van der Waals surface area contributed by atoms with Crippen LogP contribution in [0.3, 0.4) is 0 Å². The number of rotatable bonds is 2. The van der Waals surface area contributed by atoms with Crippen molar-refractivity contribution in [1.29, 1.82) is 0 Å². The number of likely N-dealkylation sites (tertiary alicyclic amines) is 1. The van der Waals surface area contributed by atoms with Crippen LogP contribution >= 0.6 is 11.3 Å². The topological polar surface area (TPSA) is 60.0 Å². The molecule has 0 saturated carbocycles. The monoisotopic (exact) mass is 385 g/mol. The molecule has 3 unspecified atom stereocenters. The molecule has 3 aliphatic heterocycles. The van der Waals surface area contributed by atoms with E-state index < -0.39 is 0 Å². The lowest BCUT2D eigenvalue weighted by atomic mass is 10.0. The van der Waals surface area contributed by atoms with E-state index >= 15 is 0 Å². The number of thiazole rings is 1. The van der Waals surface area contributed by atoms with Crippen molar-refractivity contribution >= 4 is 38.6 Å². The fraction of sp³-hybridized carbons (Fsp3) is 0.526. The van der Waals surface area contributed by atoms with E-state index in [1.54, 1.807) is 30.3 Å². The van der Waals surface area contributed by atoms with Gasteiger partial charge in [0.15, 0.2) is 5.13 Å². The molecular formula is C19H23N5O2S. The van der Waals surface area contributed by atoms with Gasteiger partial charge in [-0.15, -0.1) is 0 Å². The minimum Gasteiger partial charge on any atom is -0.347 e. The van der Waals surface area contributed by atoms with Crippen molar-refractivity contribution in [2.45, 2.75) is 12.6 Å². The molecule has 0 bridgehead atoms. The van der Waals surface area contributed by atoms with Gasteiger partial charge in [-0.25, -0.2) is 9.78 Å². The number of imide groups is 1. The number of benzene rings is 1. The second-order valence-corrected chi connectivity index (χ2v) is 8.88. The van der Waals surface area contributed by atoms with Crippen molar-refractivity contribution in [3.63, 3.8) is 0 Å². The van der Waals surface area contributed by atoms with Crippen LogP contribution in [0.2, 0.25) is 0 Å². The maximum Gasteiger partial charge on any atom is 0.327 e.